The monoisotopic (exact) mass is 242 g/mol. The molecule has 2 aromatic rings. The number of nitrogens with zero attached hydrogens (tertiary/aromatic N) is 3. The number of piperidine rings is 1. The van der Waals surface area contributed by atoms with Crippen molar-refractivity contribution in [2.75, 3.05) is 13.1 Å². The molecule has 4 heteroatoms. The maximum absolute atomic E-state index is 4.44. The van der Waals surface area contributed by atoms with E-state index in [9.17, 15) is 0 Å². The van der Waals surface area contributed by atoms with E-state index in [-0.39, 0.29) is 0 Å². The fourth-order valence-corrected chi connectivity index (χ4v) is 2.78. The molecule has 3 heterocycles. The SMILES string of the molecule is Cn1ncc(-c2ccncc2)c1C1CCNCC1. The van der Waals surface area contributed by atoms with Crippen molar-refractivity contribution in [3.63, 3.8) is 0 Å². The molecule has 3 rings (SSSR count). The van der Waals surface area contributed by atoms with Gasteiger partial charge in [0.2, 0.25) is 0 Å². The van der Waals surface area contributed by atoms with Gasteiger partial charge in [0.05, 0.1) is 6.20 Å². The van der Waals surface area contributed by atoms with Crippen LogP contribution in [-0.4, -0.2) is 27.9 Å². The standard InChI is InChI=1S/C14H18N4/c1-18-14(12-4-8-16-9-5-12)13(10-17-18)11-2-6-15-7-3-11/h2-3,6-7,10,12,16H,4-5,8-9H2,1H3. The average molecular weight is 242 g/mol. The third kappa shape index (κ3) is 2.04. The number of aryl methyl sites for hydroxylation is 1. The van der Waals surface area contributed by atoms with Crippen molar-refractivity contribution in [3.8, 4) is 11.1 Å². The minimum atomic E-state index is 0.613. The molecule has 1 N–H and O–H groups in total. The second kappa shape index (κ2) is 4.90. The summed E-state index contributed by atoms with van der Waals surface area (Å²) in [4.78, 5) is 4.08. The lowest BCUT2D eigenvalue weighted by Crippen LogP contribution is -2.27. The fraction of sp³-hybridized carbons (Fsp3) is 0.429. The third-order valence-electron chi connectivity index (χ3n) is 3.70. The molecule has 0 bridgehead atoms. The number of aromatic nitrogens is 3. The molecule has 0 radical (unpaired) electrons. The molecule has 2 aromatic heterocycles. The highest BCUT2D eigenvalue weighted by molar-refractivity contribution is 5.65. The van der Waals surface area contributed by atoms with Gasteiger partial charge in [-0.15, -0.1) is 0 Å². The van der Waals surface area contributed by atoms with Crippen molar-refractivity contribution in [3.05, 3.63) is 36.4 Å². The number of pyridine rings is 1. The summed E-state index contributed by atoms with van der Waals surface area (Å²) in [7, 11) is 2.04. The maximum atomic E-state index is 4.44. The molecule has 1 saturated heterocycles. The summed E-state index contributed by atoms with van der Waals surface area (Å²) in [5, 5.41) is 7.86. The lowest BCUT2D eigenvalue weighted by molar-refractivity contribution is 0.440. The van der Waals surface area contributed by atoms with E-state index in [0.29, 0.717) is 5.92 Å². The van der Waals surface area contributed by atoms with E-state index in [0.717, 1.165) is 13.1 Å². The van der Waals surface area contributed by atoms with Crippen LogP contribution in [-0.2, 0) is 7.05 Å². The summed E-state index contributed by atoms with van der Waals surface area (Å²) < 4.78 is 2.03. The minimum absolute atomic E-state index is 0.613. The lowest BCUT2D eigenvalue weighted by Gasteiger charge is -2.24. The van der Waals surface area contributed by atoms with Gasteiger partial charge in [0.1, 0.15) is 0 Å². The normalized spacial score (nSPS) is 16.9. The Labute approximate surface area is 107 Å². The lowest BCUT2D eigenvalue weighted by atomic mass is 9.90. The van der Waals surface area contributed by atoms with Gasteiger partial charge in [0.25, 0.3) is 0 Å². The van der Waals surface area contributed by atoms with E-state index in [1.165, 1.54) is 29.7 Å². The van der Waals surface area contributed by atoms with Gasteiger partial charge in [0.15, 0.2) is 0 Å². The Hall–Kier alpha value is -1.68. The molecule has 1 aliphatic heterocycles. The fourth-order valence-electron chi connectivity index (χ4n) is 2.78. The molecule has 0 unspecified atom stereocenters. The molecule has 1 aliphatic rings. The highest BCUT2D eigenvalue weighted by Gasteiger charge is 2.22. The molecule has 18 heavy (non-hydrogen) atoms. The summed E-state index contributed by atoms with van der Waals surface area (Å²) in [6.45, 7) is 2.21. The zero-order valence-electron chi connectivity index (χ0n) is 10.6. The van der Waals surface area contributed by atoms with Crippen molar-refractivity contribution in [1.29, 1.82) is 0 Å². The summed E-state index contributed by atoms with van der Waals surface area (Å²) in [5.74, 6) is 0.613. The largest absolute Gasteiger partial charge is 0.317 e. The van der Waals surface area contributed by atoms with Crippen molar-refractivity contribution in [2.24, 2.45) is 7.05 Å². The molecular weight excluding hydrogens is 224 g/mol. The highest BCUT2D eigenvalue weighted by Crippen LogP contribution is 2.33. The Morgan fingerprint density at radius 1 is 1.22 bits per heavy atom. The van der Waals surface area contributed by atoms with Crippen LogP contribution in [0.4, 0.5) is 0 Å². The molecular formula is C14H18N4. The smallest absolute Gasteiger partial charge is 0.0571 e. The Balaban J connectivity index is 2.01. The minimum Gasteiger partial charge on any atom is -0.317 e. The Bertz CT molecular complexity index is 512. The second-order valence-electron chi connectivity index (χ2n) is 4.83. The average Bonchev–Trinajstić information content (AvgIpc) is 2.83. The van der Waals surface area contributed by atoms with Gasteiger partial charge in [-0.25, -0.2) is 0 Å². The van der Waals surface area contributed by atoms with Crippen molar-refractivity contribution >= 4 is 0 Å². The number of hydrogen-bond acceptors (Lipinski definition) is 3. The van der Waals surface area contributed by atoms with Crippen LogP contribution in [0.15, 0.2) is 30.7 Å². The van der Waals surface area contributed by atoms with E-state index in [1.54, 1.807) is 0 Å². The van der Waals surface area contributed by atoms with Crippen LogP contribution in [0, 0.1) is 0 Å². The van der Waals surface area contributed by atoms with Gasteiger partial charge in [-0.2, -0.15) is 5.10 Å². The first-order valence-corrected chi connectivity index (χ1v) is 6.49. The molecule has 0 atom stereocenters. The van der Waals surface area contributed by atoms with Crippen LogP contribution in [0.1, 0.15) is 24.5 Å². The van der Waals surface area contributed by atoms with Gasteiger partial charge in [-0.05, 0) is 43.6 Å². The van der Waals surface area contributed by atoms with E-state index < -0.39 is 0 Å². The van der Waals surface area contributed by atoms with Gasteiger partial charge < -0.3 is 5.32 Å². The molecule has 0 aromatic carbocycles. The zero-order chi connectivity index (χ0) is 12.4. The molecule has 94 valence electrons. The van der Waals surface area contributed by atoms with Gasteiger partial charge >= 0.3 is 0 Å². The maximum Gasteiger partial charge on any atom is 0.0571 e. The van der Waals surface area contributed by atoms with Gasteiger partial charge in [-0.3, -0.25) is 9.67 Å². The predicted molar refractivity (Wildman–Crippen MR) is 71.3 cm³/mol. The van der Waals surface area contributed by atoms with Crippen molar-refractivity contribution in [1.82, 2.24) is 20.1 Å². The zero-order valence-corrected chi connectivity index (χ0v) is 10.6. The van der Waals surface area contributed by atoms with Gasteiger partial charge in [0, 0.05) is 36.6 Å². The summed E-state index contributed by atoms with van der Waals surface area (Å²) >= 11 is 0. The topological polar surface area (TPSA) is 42.7 Å². The number of nitrogens with one attached hydrogen (secondary N) is 1. The first-order chi connectivity index (χ1) is 8.86. The van der Waals surface area contributed by atoms with E-state index in [2.05, 4.69) is 27.5 Å². The molecule has 0 spiro atoms. The Morgan fingerprint density at radius 2 is 1.94 bits per heavy atom. The number of rotatable bonds is 2. The number of hydrogen-bond donors (Lipinski definition) is 1. The quantitative estimate of drug-likeness (QED) is 0.875. The van der Waals surface area contributed by atoms with Crippen LogP contribution < -0.4 is 5.32 Å². The molecule has 4 nitrogen and oxygen atoms in total. The van der Waals surface area contributed by atoms with Gasteiger partial charge in [-0.1, -0.05) is 0 Å². The van der Waals surface area contributed by atoms with Crippen LogP contribution in [0.25, 0.3) is 11.1 Å². The molecule has 0 amide bonds. The first-order valence-electron chi connectivity index (χ1n) is 6.49. The Kier molecular flexibility index (Phi) is 3.11. The molecule has 0 aliphatic carbocycles. The van der Waals surface area contributed by atoms with Crippen molar-refractivity contribution < 1.29 is 0 Å². The summed E-state index contributed by atoms with van der Waals surface area (Å²) in [6, 6.07) is 4.11. The van der Waals surface area contributed by atoms with Crippen LogP contribution in [0.5, 0.6) is 0 Å². The van der Waals surface area contributed by atoms with E-state index in [1.807, 2.05) is 30.3 Å². The summed E-state index contributed by atoms with van der Waals surface area (Å²) in [6.07, 6.45) is 8.05. The second-order valence-corrected chi connectivity index (χ2v) is 4.83. The third-order valence-corrected chi connectivity index (χ3v) is 3.70. The predicted octanol–water partition coefficient (Wildman–Crippen LogP) is 1.95. The summed E-state index contributed by atoms with van der Waals surface area (Å²) in [5.41, 5.74) is 3.83. The first kappa shape index (κ1) is 11.4. The Morgan fingerprint density at radius 3 is 2.67 bits per heavy atom. The van der Waals surface area contributed by atoms with E-state index in [4.69, 9.17) is 0 Å². The van der Waals surface area contributed by atoms with Crippen molar-refractivity contribution in [2.45, 2.75) is 18.8 Å². The molecule has 0 saturated carbocycles. The van der Waals surface area contributed by atoms with E-state index >= 15 is 0 Å². The van der Waals surface area contributed by atoms with Crippen LogP contribution in [0.2, 0.25) is 0 Å². The molecule has 1 fully saturated rings. The highest BCUT2D eigenvalue weighted by atomic mass is 15.3. The van der Waals surface area contributed by atoms with Crippen LogP contribution in [0.3, 0.4) is 0 Å². The van der Waals surface area contributed by atoms with Crippen LogP contribution >= 0.6 is 0 Å².